The highest BCUT2D eigenvalue weighted by molar-refractivity contribution is 5.89. The maximum Gasteiger partial charge on any atom is 0.331 e. The Labute approximate surface area is 388 Å². The number of aliphatic hydroxyl groups excluding tert-OH is 5. The van der Waals surface area contributed by atoms with Gasteiger partial charge in [-0.15, -0.1) is 0 Å². The van der Waals surface area contributed by atoms with Crippen molar-refractivity contribution in [2.45, 2.75) is 54.8 Å². The summed E-state index contributed by atoms with van der Waals surface area (Å²) in [6, 6.07) is 8.26. The number of hydrogen-bond acceptors (Lipinski definition) is 23. The minimum atomic E-state index is -2.68. The van der Waals surface area contributed by atoms with E-state index in [-0.39, 0.29) is 62.9 Å². The zero-order valence-electron chi connectivity index (χ0n) is 37.4. The number of rotatable bonds is 20. The van der Waals surface area contributed by atoms with Crippen LogP contribution in [0.2, 0.25) is 0 Å². The van der Waals surface area contributed by atoms with Gasteiger partial charge in [0.1, 0.15) is 43.7 Å². The van der Waals surface area contributed by atoms with Crippen LogP contribution in [0.15, 0.2) is 54.6 Å². The number of benzene rings is 3. The molecular formula is C45H52O23. The molecule has 2 aliphatic rings. The van der Waals surface area contributed by atoms with E-state index < -0.39 is 92.5 Å². The Bertz CT molecular complexity index is 2270. The van der Waals surface area contributed by atoms with Gasteiger partial charge in [-0.1, -0.05) is 0 Å². The lowest BCUT2D eigenvalue weighted by Gasteiger charge is -2.43. The number of ether oxygens (including phenoxy) is 12. The van der Waals surface area contributed by atoms with Crippen LogP contribution >= 0.6 is 0 Å². The smallest absolute Gasteiger partial charge is 0.331 e. The molecule has 23 nitrogen and oxygen atoms in total. The van der Waals surface area contributed by atoms with Gasteiger partial charge in [0.15, 0.2) is 53.0 Å². The summed E-state index contributed by atoms with van der Waals surface area (Å²) in [5.41, 5.74) is 0.906. The lowest BCUT2D eigenvalue weighted by Crippen LogP contribution is -2.63. The molecule has 0 aliphatic carbocycles. The van der Waals surface area contributed by atoms with Gasteiger partial charge in [0, 0.05) is 18.2 Å². The van der Waals surface area contributed by atoms with Crippen LogP contribution in [0.25, 0.3) is 18.2 Å². The maximum absolute atomic E-state index is 13.6. The lowest BCUT2D eigenvalue weighted by atomic mass is 9.98. The molecule has 0 spiro atoms. The number of carbonyl (C=O) groups is 3. The number of aliphatic hydroxyl groups is 5. The van der Waals surface area contributed by atoms with E-state index in [0.29, 0.717) is 5.56 Å². The van der Waals surface area contributed by atoms with Gasteiger partial charge in [-0.25, -0.2) is 14.4 Å². The molecule has 0 aromatic heterocycles. The average Bonchev–Trinajstić information content (AvgIpc) is 3.62. The molecule has 0 amide bonds. The summed E-state index contributed by atoms with van der Waals surface area (Å²) in [4.78, 5) is 39.8. The number of aromatic hydroxyl groups is 3. The van der Waals surface area contributed by atoms with Gasteiger partial charge in [-0.3, -0.25) is 0 Å². The Balaban J connectivity index is 1.42. The first kappa shape index (κ1) is 52.1. The molecular weight excluding hydrogens is 908 g/mol. The van der Waals surface area contributed by atoms with Gasteiger partial charge in [0.2, 0.25) is 23.0 Å². The topological polar surface area (TPSA) is 324 Å². The number of phenols is 3. The molecule has 9 atom stereocenters. The maximum atomic E-state index is 13.6. The summed E-state index contributed by atoms with van der Waals surface area (Å²) in [6.45, 7) is -2.98. The second-order valence-corrected chi connectivity index (χ2v) is 14.7. The Morgan fingerprint density at radius 2 is 0.971 bits per heavy atom. The molecule has 370 valence electrons. The Morgan fingerprint density at radius 1 is 0.574 bits per heavy atom. The van der Waals surface area contributed by atoms with Gasteiger partial charge < -0.3 is 97.7 Å². The van der Waals surface area contributed by atoms with Gasteiger partial charge in [-0.05, 0) is 71.3 Å². The number of hydrogen-bond donors (Lipinski definition) is 8. The normalized spacial score (nSPS) is 24.8. The Kier molecular flexibility index (Phi) is 17.8. The molecule has 5 rings (SSSR count). The minimum Gasteiger partial charge on any atom is -0.502 e. The van der Waals surface area contributed by atoms with Crippen molar-refractivity contribution in [1.82, 2.24) is 0 Å². The van der Waals surface area contributed by atoms with E-state index in [0.717, 1.165) is 18.2 Å². The highest BCUT2D eigenvalue weighted by atomic mass is 16.8. The summed E-state index contributed by atoms with van der Waals surface area (Å²) in [5.74, 6) is -6.79. The summed E-state index contributed by atoms with van der Waals surface area (Å²) in [7, 11) is 7.78. The molecule has 2 saturated heterocycles. The third-order valence-corrected chi connectivity index (χ3v) is 10.5. The summed E-state index contributed by atoms with van der Waals surface area (Å²) in [6.07, 6.45) is -8.68. The highest BCUT2D eigenvalue weighted by Crippen LogP contribution is 2.42. The largest absolute Gasteiger partial charge is 0.502 e. The third kappa shape index (κ3) is 11.8. The van der Waals surface area contributed by atoms with Crippen LogP contribution in [0.1, 0.15) is 16.7 Å². The van der Waals surface area contributed by atoms with Gasteiger partial charge in [0.25, 0.3) is 0 Å². The third-order valence-electron chi connectivity index (χ3n) is 10.5. The molecule has 2 fully saturated rings. The Hall–Kier alpha value is -6.83. The first-order valence-electron chi connectivity index (χ1n) is 20.2. The molecule has 0 bridgehead atoms. The highest BCUT2D eigenvalue weighted by Gasteiger charge is 2.62. The molecule has 3 aromatic carbocycles. The van der Waals surface area contributed by atoms with Crippen LogP contribution in [0.5, 0.6) is 51.7 Å². The van der Waals surface area contributed by atoms with E-state index in [1.165, 1.54) is 97.3 Å². The first-order valence-corrected chi connectivity index (χ1v) is 20.2. The summed E-state index contributed by atoms with van der Waals surface area (Å²) < 4.78 is 65.0. The van der Waals surface area contributed by atoms with Gasteiger partial charge in [0.05, 0.1) is 49.3 Å². The fourth-order valence-corrected chi connectivity index (χ4v) is 6.95. The first-order chi connectivity index (χ1) is 32.5. The quantitative estimate of drug-likeness (QED) is 0.0436. The van der Waals surface area contributed by atoms with Gasteiger partial charge in [-0.2, -0.15) is 0 Å². The van der Waals surface area contributed by atoms with Crippen LogP contribution in [-0.2, 0) is 42.8 Å². The van der Waals surface area contributed by atoms with Crippen molar-refractivity contribution >= 4 is 36.1 Å². The van der Waals surface area contributed by atoms with Crippen molar-refractivity contribution in [2.24, 2.45) is 0 Å². The van der Waals surface area contributed by atoms with E-state index in [9.17, 15) is 55.2 Å². The fraction of sp³-hybridized carbons (Fsp3) is 0.400. The van der Waals surface area contributed by atoms with Crippen LogP contribution < -0.4 is 28.4 Å². The molecule has 23 heteroatoms. The summed E-state index contributed by atoms with van der Waals surface area (Å²) >= 11 is 0. The molecule has 8 N–H and O–H groups in total. The minimum absolute atomic E-state index is 0.00590. The van der Waals surface area contributed by atoms with E-state index in [1.807, 2.05) is 0 Å². The monoisotopic (exact) mass is 960 g/mol. The number of carbonyl (C=O) groups excluding carboxylic acids is 3. The van der Waals surface area contributed by atoms with E-state index in [1.54, 1.807) is 0 Å². The van der Waals surface area contributed by atoms with Crippen LogP contribution in [-0.4, -0.2) is 176 Å². The molecule has 68 heavy (non-hydrogen) atoms. The molecule has 0 radical (unpaired) electrons. The SMILES string of the molecule is COc1cc(/C=C/C(=O)OC[C@H]2O[C@H](O[C@]3(CO)O[C@H](CO)[C@@H](OC(=O)/C=C/c4cc(OC)c(O)c(OC)c4)[C@@H]3OC(=O)/C=C/c3cc(OC)c(O)c(OC)c3)[C@H](O)[C@H](O)[C@H]2O)cc(OC)c1O. The number of esters is 3. The summed E-state index contributed by atoms with van der Waals surface area (Å²) in [5, 5.41) is 85.1. The van der Waals surface area contributed by atoms with Crippen molar-refractivity contribution in [1.29, 1.82) is 0 Å². The molecule has 0 unspecified atom stereocenters. The van der Waals surface area contributed by atoms with Gasteiger partial charge >= 0.3 is 17.9 Å². The van der Waals surface area contributed by atoms with Crippen molar-refractivity contribution in [3.05, 3.63) is 71.3 Å². The fourth-order valence-electron chi connectivity index (χ4n) is 6.95. The van der Waals surface area contributed by atoms with Crippen LogP contribution in [0.4, 0.5) is 0 Å². The van der Waals surface area contributed by atoms with E-state index in [2.05, 4.69) is 0 Å². The standard InChI is InChI=1S/C45H52O23/c1-57-25-13-22(14-26(58-2)36(25)51)7-10-33(48)63-20-32-39(54)40(55)41(56)44(64-32)68-45(21-47)43(66-35(50)12-9-24-17-29(61-5)38(53)30(18-24)62-6)42(31(19-46)67-45)65-34(49)11-8-23-15-27(59-3)37(52)28(16-23)60-4/h7-18,31-32,39-44,46-47,51-56H,19-21H2,1-6H3/b10-7+,11-8+,12-9+/t31-,32-,39+,40-,41-,42-,43+,44-,45+/m1/s1. The molecule has 2 heterocycles. The zero-order chi connectivity index (χ0) is 49.9. The van der Waals surface area contributed by atoms with Crippen molar-refractivity contribution in [2.75, 3.05) is 62.5 Å². The van der Waals surface area contributed by atoms with E-state index in [4.69, 9.17) is 56.8 Å². The second kappa shape index (κ2) is 23.3. The number of methoxy groups -OCH3 is 6. The number of phenolic OH excluding ortho intramolecular Hbond substituents is 3. The Morgan fingerprint density at radius 3 is 1.35 bits per heavy atom. The van der Waals surface area contributed by atoms with Crippen LogP contribution in [0, 0.1) is 0 Å². The predicted molar refractivity (Wildman–Crippen MR) is 231 cm³/mol. The van der Waals surface area contributed by atoms with E-state index >= 15 is 0 Å². The second-order valence-electron chi connectivity index (χ2n) is 14.7. The zero-order valence-corrected chi connectivity index (χ0v) is 37.4. The molecule has 3 aromatic rings. The van der Waals surface area contributed by atoms with Crippen LogP contribution in [0.3, 0.4) is 0 Å². The molecule has 0 saturated carbocycles. The van der Waals surface area contributed by atoms with Crippen molar-refractivity contribution in [3.63, 3.8) is 0 Å². The van der Waals surface area contributed by atoms with Crippen molar-refractivity contribution < 1.29 is 112 Å². The molecule has 2 aliphatic heterocycles. The average molecular weight is 961 g/mol. The van der Waals surface area contributed by atoms with Crippen molar-refractivity contribution in [3.8, 4) is 51.7 Å². The predicted octanol–water partition coefficient (Wildman–Crippen LogP) is 0.566. The lowest BCUT2D eigenvalue weighted by molar-refractivity contribution is -0.383.